The number of ether oxygens (including phenoxy) is 1. The molecule has 2 rings (SSSR count). The number of carbonyl (C=O) groups excluding carboxylic acids is 2. The van der Waals surface area contributed by atoms with Crippen molar-refractivity contribution in [2.45, 2.75) is 25.8 Å². The highest BCUT2D eigenvalue weighted by atomic mass is 16.5. The number of esters is 1. The molecule has 5 nitrogen and oxygen atoms in total. The van der Waals surface area contributed by atoms with E-state index in [9.17, 15) is 9.59 Å². The number of hydrogen-bond acceptors (Lipinski definition) is 4. The van der Waals surface area contributed by atoms with Crippen LogP contribution in [0.1, 0.15) is 30.5 Å². The van der Waals surface area contributed by atoms with Gasteiger partial charge in [-0.15, -0.1) is 0 Å². The maximum Gasteiger partial charge on any atom is 0.325 e. The largest absolute Gasteiger partial charge is 0.468 e. The van der Waals surface area contributed by atoms with E-state index in [-0.39, 0.29) is 24.5 Å². The molecule has 21 heavy (non-hydrogen) atoms. The first-order chi connectivity index (χ1) is 10.2. The minimum Gasteiger partial charge on any atom is -0.468 e. The lowest BCUT2D eigenvalue weighted by Gasteiger charge is -2.31. The van der Waals surface area contributed by atoms with Crippen LogP contribution < -0.4 is 5.32 Å². The summed E-state index contributed by atoms with van der Waals surface area (Å²) in [5.41, 5.74) is 2.21. The third kappa shape index (κ3) is 3.61. The molecule has 0 aromatic heterocycles. The summed E-state index contributed by atoms with van der Waals surface area (Å²) >= 11 is 0. The van der Waals surface area contributed by atoms with E-state index in [1.54, 1.807) is 4.90 Å². The Kier molecular flexibility index (Phi) is 5.33. The van der Waals surface area contributed by atoms with E-state index in [4.69, 9.17) is 0 Å². The zero-order valence-corrected chi connectivity index (χ0v) is 12.6. The first kappa shape index (κ1) is 15.5. The smallest absolute Gasteiger partial charge is 0.325 e. The Bertz CT molecular complexity index is 516. The van der Waals surface area contributed by atoms with E-state index in [0.29, 0.717) is 6.54 Å². The van der Waals surface area contributed by atoms with Gasteiger partial charge in [0.05, 0.1) is 7.11 Å². The van der Waals surface area contributed by atoms with Gasteiger partial charge in [-0.1, -0.05) is 31.2 Å². The first-order valence-corrected chi connectivity index (χ1v) is 7.34. The number of rotatable bonds is 5. The van der Waals surface area contributed by atoms with E-state index >= 15 is 0 Å². The molecule has 0 saturated heterocycles. The molecule has 1 heterocycles. The van der Waals surface area contributed by atoms with Gasteiger partial charge in [-0.2, -0.15) is 0 Å². The molecule has 0 radical (unpaired) electrons. The number of benzene rings is 1. The summed E-state index contributed by atoms with van der Waals surface area (Å²) in [6.07, 6.45) is 1.72. The quantitative estimate of drug-likeness (QED) is 0.830. The van der Waals surface area contributed by atoms with Gasteiger partial charge in [0.2, 0.25) is 5.91 Å². The van der Waals surface area contributed by atoms with Gasteiger partial charge < -0.3 is 15.0 Å². The minimum atomic E-state index is -0.388. The molecule has 1 aromatic rings. The Hall–Kier alpha value is -1.88. The van der Waals surface area contributed by atoms with Crippen LogP contribution >= 0.6 is 0 Å². The van der Waals surface area contributed by atoms with Gasteiger partial charge in [-0.25, -0.2) is 0 Å². The van der Waals surface area contributed by atoms with Gasteiger partial charge in [0.25, 0.3) is 0 Å². The molecule has 1 amide bonds. The maximum absolute atomic E-state index is 12.8. The first-order valence-electron chi connectivity index (χ1n) is 7.34. The van der Waals surface area contributed by atoms with Crippen LogP contribution in [0.5, 0.6) is 0 Å². The molecular weight excluding hydrogens is 268 g/mol. The molecular formula is C16H22N2O3. The van der Waals surface area contributed by atoms with E-state index in [1.165, 1.54) is 12.7 Å². The number of carbonyl (C=O) groups is 2. The summed E-state index contributed by atoms with van der Waals surface area (Å²) < 4.78 is 4.68. The van der Waals surface area contributed by atoms with Gasteiger partial charge in [0.1, 0.15) is 12.6 Å². The minimum absolute atomic E-state index is 0.00349. The summed E-state index contributed by atoms with van der Waals surface area (Å²) in [4.78, 5) is 25.8. The van der Waals surface area contributed by atoms with E-state index < -0.39 is 0 Å². The van der Waals surface area contributed by atoms with Crippen molar-refractivity contribution < 1.29 is 14.3 Å². The molecule has 0 saturated carbocycles. The van der Waals surface area contributed by atoms with Crippen LogP contribution in [0.15, 0.2) is 24.3 Å². The highest BCUT2D eigenvalue weighted by Gasteiger charge is 2.30. The van der Waals surface area contributed by atoms with Crippen molar-refractivity contribution in [3.05, 3.63) is 35.4 Å². The fourth-order valence-electron chi connectivity index (χ4n) is 2.67. The zero-order chi connectivity index (χ0) is 15.2. The van der Waals surface area contributed by atoms with Gasteiger partial charge in [0, 0.05) is 13.1 Å². The zero-order valence-electron chi connectivity index (χ0n) is 12.6. The van der Waals surface area contributed by atoms with Crippen molar-refractivity contribution in [3.8, 4) is 0 Å². The average molecular weight is 290 g/mol. The summed E-state index contributed by atoms with van der Waals surface area (Å²) in [7, 11) is 1.34. The van der Waals surface area contributed by atoms with Crippen molar-refractivity contribution in [1.82, 2.24) is 10.2 Å². The van der Waals surface area contributed by atoms with Crippen LogP contribution in [0.2, 0.25) is 0 Å². The molecule has 1 aromatic carbocycles. The summed E-state index contributed by atoms with van der Waals surface area (Å²) in [6.45, 7) is 3.31. The standard InChI is InChI=1S/C16H22N2O3/c1-3-10-18(11-14(19)21-2)16(20)15-13-7-5-4-6-12(13)8-9-17-15/h4-7,15,17H,3,8-11H2,1-2H3. The van der Waals surface area contributed by atoms with Crippen LogP contribution in [-0.2, 0) is 20.7 Å². The van der Waals surface area contributed by atoms with Gasteiger partial charge in [-0.05, 0) is 24.0 Å². The molecule has 1 atom stereocenters. The number of fused-ring (bicyclic) bond motifs is 1. The van der Waals surface area contributed by atoms with E-state index in [1.807, 2.05) is 25.1 Å². The number of nitrogens with one attached hydrogen (secondary N) is 1. The summed E-state index contributed by atoms with van der Waals surface area (Å²) in [6, 6.07) is 7.60. The average Bonchev–Trinajstić information content (AvgIpc) is 2.53. The third-order valence-electron chi connectivity index (χ3n) is 3.71. The third-order valence-corrected chi connectivity index (χ3v) is 3.71. The second-order valence-electron chi connectivity index (χ2n) is 5.17. The molecule has 5 heteroatoms. The predicted molar refractivity (Wildman–Crippen MR) is 79.8 cm³/mol. The van der Waals surface area contributed by atoms with Crippen molar-refractivity contribution in [2.75, 3.05) is 26.7 Å². The topological polar surface area (TPSA) is 58.6 Å². The lowest BCUT2D eigenvalue weighted by Crippen LogP contribution is -2.46. The van der Waals surface area contributed by atoms with Crippen LogP contribution in [-0.4, -0.2) is 43.5 Å². The van der Waals surface area contributed by atoms with Gasteiger partial charge >= 0.3 is 5.97 Å². The van der Waals surface area contributed by atoms with Crippen molar-refractivity contribution in [3.63, 3.8) is 0 Å². The predicted octanol–water partition coefficient (Wildman–Crippen LogP) is 1.28. The summed E-state index contributed by atoms with van der Waals surface area (Å²) in [5, 5.41) is 3.26. The maximum atomic E-state index is 12.8. The molecule has 1 aliphatic heterocycles. The second-order valence-corrected chi connectivity index (χ2v) is 5.17. The molecule has 1 aliphatic rings. The Morgan fingerprint density at radius 3 is 2.86 bits per heavy atom. The second kappa shape index (κ2) is 7.22. The molecule has 0 spiro atoms. The fourth-order valence-corrected chi connectivity index (χ4v) is 2.67. The van der Waals surface area contributed by atoms with Crippen molar-refractivity contribution >= 4 is 11.9 Å². The molecule has 0 bridgehead atoms. The Morgan fingerprint density at radius 2 is 2.14 bits per heavy atom. The Labute approximate surface area is 125 Å². The normalized spacial score (nSPS) is 17.0. The molecule has 1 N–H and O–H groups in total. The molecule has 0 aliphatic carbocycles. The number of methoxy groups -OCH3 is 1. The highest BCUT2D eigenvalue weighted by molar-refractivity contribution is 5.87. The van der Waals surface area contributed by atoms with Crippen LogP contribution in [0.25, 0.3) is 0 Å². The van der Waals surface area contributed by atoms with Gasteiger partial charge in [-0.3, -0.25) is 9.59 Å². The Balaban J connectivity index is 2.19. The number of hydrogen-bond donors (Lipinski definition) is 1. The van der Waals surface area contributed by atoms with Gasteiger partial charge in [0.15, 0.2) is 0 Å². The van der Waals surface area contributed by atoms with Crippen LogP contribution in [0.4, 0.5) is 0 Å². The van der Waals surface area contributed by atoms with E-state index in [2.05, 4.69) is 16.1 Å². The lowest BCUT2D eigenvalue weighted by atomic mass is 9.93. The molecule has 0 fully saturated rings. The SMILES string of the molecule is CCCN(CC(=O)OC)C(=O)C1NCCc2ccccc21. The lowest BCUT2D eigenvalue weighted by molar-refractivity contribution is -0.147. The number of nitrogens with zero attached hydrogens (tertiary/aromatic N) is 1. The highest BCUT2D eigenvalue weighted by Crippen LogP contribution is 2.24. The van der Waals surface area contributed by atoms with Crippen LogP contribution in [0, 0.1) is 0 Å². The van der Waals surface area contributed by atoms with Crippen molar-refractivity contribution in [2.24, 2.45) is 0 Å². The fraction of sp³-hybridized carbons (Fsp3) is 0.500. The molecule has 1 unspecified atom stereocenters. The monoisotopic (exact) mass is 290 g/mol. The van der Waals surface area contributed by atoms with Crippen molar-refractivity contribution in [1.29, 1.82) is 0 Å². The Morgan fingerprint density at radius 1 is 1.38 bits per heavy atom. The molecule has 114 valence electrons. The van der Waals surface area contributed by atoms with E-state index in [0.717, 1.165) is 24.9 Å². The van der Waals surface area contributed by atoms with Crippen LogP contribution in [0.3, 0.4) is 0 Å². The number of amides is 1. The summed E-state index contributed by atoms with van der Waals surface area (Å²) in [5.74, 6) is -0.449.